The average Bonchev–Trinajstić information content (AvgIpc) is 2.37. The molecule has 0 aliphatic carbocycles. The Morgan fingerprint density at radius 1 is 1.47 bits per heavy atom. The first-order valence-corrected chi connectivity index (χ1v) is 7.62. The molecule has 1 amide bonds. The number of nitrogen functional groups attached to an aromatic ring is 1. The van der Waals surface area contributed by atoms with Gasteiger partial charge < -0.3 is 16.0 Å². The van der Waals surface area contributed by atoms with Crippen molar-refractivity contribution in [1.82, 2.24) is 5.32 Å². The van der Waals surface area contributed by atoms with Crippen molar-refractivity contribution in [2.45, 2.75) is 18.6 Å². The van der Waals surface area contributed by atoms with Crippen LogP contribution in [0.15, 0.2) is 18.2 Å². The molecule has 1 aromatic rings. The summed E-state index contributed by atoms with van der Waals surface area (Å²) >= 11 is 1.80. The van der Waals surface area contributed by atoms with Crippen LogP contribution in [0.25, 0.3) is 0 Å². The molecule has 5 heteroatoms. The van der Waals surface area contributed by atoms with E-state index in [1.54, 1.807) is 17.8 Å². The van der Waals surface area contributed by atoms with Gasteiger partial charge >= 0.3 is 0 Å². The predicted molar refractivity (Wildman–Crippen MR) is 85.1 cm³/mol. The average molecular weight is 281 g/mol. The van der Waals surface area contributed by atoms with E-state index in [9.17, 15) is 4.79 Å². The van der Waals surface area contributed by atoms with E-state index in [1.807, 2.05) is 31.1 Å². The number of carbonyl (C=O) groups is 1. The molecule has 0 fully saturated rings. The van der Waals surface area contributed by atoms with Gasteiger partial charge in [0, 0.05) is 37.3 Å². The molecule has 0 aromatic heterocycles. The molecule has 0 aliphatic rings. The van der Waals surface area contributed by atoms with E-state index in [-0.39, 0.29) is 5.91 Å². The zero-order chi connectivity index (χ0) is 14.4. The Bertz CT molecular complexity index is 435. The minimum absolute atomic E-state index is 0.0655. The fraction of sp³-hybridized carbons (Fsp3) is 0.500. The van der Waals surface area contributed by atoms with Crippen molar-refractivity contribution in [1.29, 1.82) is 0 Å². The number of hydrogen-bond acceptors (Lipinski definition) is 4. The Labute approximate surface area is 119 Å². The summed E-state index contributed by atoms with van der Waals surface area (Å²) < 4.78 is 0. The summed E-state index contributed by atoms with van der Waals surface area (Å²) in [5.74, 6) is -0.0655. The van der Waals surface area contributed by atoms with Crippen LogP contribution in [0.3, 0.4) is 0 Å². The van der Waals surface area contributed by atoms with Crippen LogP contribution in [0.2, 0.25) is 0 Å². The summed E-state index contributed by atoms with van der Waals surface area (Å²) in [6.45, 7) is 2.84. The summed E-state index contributed by atoms with van der Waals surface area (Å²) in [4.78, 5) is 14.1. The summed E-state index contributed by atoms with van der Waals surface area (Å²) in [5.41, 5.74) is 7.87. The number of nitrogens with zero attached hydrogens (tertiary/aromatic N) is 1. The largest absolute Gasteiger partial charge is 0.399 e. The van der Waals surface area contributed by atoms with Gasteiger partial charge in [-0.25, -0.2) is 0 Å². The molecule has 0 saturated heterocycles. The van der Waals surface area contributed by atoms with Crippen molar-refractivity contribution in [3.63, 3.8) is 0 Å². The first-order chi connectivity index (χ1) is 8.95. The number of amides is 1. The maximum atomic E-state index is 12.2. The summed E-state index contributed by atoms with van der Waals surface area (Å²) in [6, 6.07) is 5.40. The van der Waals surface area contributed by atoms with Crippen LogP contribution in [-0.2, 0) is 0 Å². The third kappa shape index (κ3) is 4.67. The molecule has 19 heavy (non-hydrogen) atoms. The number of anilines is 2. The molecule has 0 radical (unpaired) electrons. The molecule has 0 spiro atoms. The smallest absolute Gasteiger partial charge is 0.253 e. The first kappa shape index (κ1) is 15.7. The minimum Gasteiger partial charge on any atom is -0.399 e. The minimum atomic E-state index is -0.0655. The molecule has 0 aliphatic heterocycles. The summed E-state index contributed by atoms with van der Waals surface area (Å²) in [6.07, 6.45) is 3.04. The predicted octanol–water partition coefficient (Wildman–Crippen LogP) is 2.21. The van der Waals surface area contributed by atoms with Crippen LogP contribution in [0.1, 0.15) is 23.7 Å². The van der Waals surface area contributed by atoms with E-state index in [2.05, 4.69) is 18.5 Å². The Balaban J connectivity index is 2.73. The second-order valence-corrected chi connectivity index (χ2v) is 6.04. The molecular formula is C14H23N3OS. The standard InChI is InChI=1S/C14H23N3OS/c1-10(19-4)7-8-16-14(18)12-9-11(15)5-6-13(12)17(2)3/h5-6,9-10H,7-8,15H2,1-4H3,(H,16,18). The van der Waals surface area contributed by atoms with Crippen molar-refractivity contribution >= 4 is 29.0 Å². The molecule has 4 nitrogen and oxygen atoms in total. The van der Waals surface area contributed by atoms with Crippen LogP contribution in [-0.4, -0.2) is 38.1 Å². The van der Waals surface area contributed by atoms with Crippen molar-refractivity contribution in [2.75, 3.05) is 37.5 Å². The van der Waals surface area contributed by atoms with Crippen LogP contribution in [0, 0.1) is 0 Å². The zero-order valence-corrected chi connectivity index (χ0v) is 12.9. The number of rotatable bonds is 6. The lowest BCUT2D eigenvalue weighted by atomic mass is 10.1. The number of hydrogen-bond donors (Lipinski definition) is 2. The van der Waals surface area contributed by atoms with E-state index < -0.39 is 0 Å². The van der Waals surface area contributed by atoms with Gasteiger partial charge in [-0.3, -0.25) is 4.79 Å². The molecule has 106 valence electrons. The molecule has 0 heterocycles. The highest BCUT2D eigenvalue weighted by Crippen LogP contribution is 2.21. The quantitative estimate of drug-likeness (QED) is 0.785. The molecular weight excluding hydrogens is 258 g/mol. The topological polar surface area (TPSA) is 58.4 Å². The lowest BCUT2D eigenvalue weighted by Gasteiger charge is -2.18. The normalized spacial score (nSPS) is 12.0. The number of carbonyl (C=O) groups excluding carboxylic acids is 1. The van der Waals surface area contributed by atoms with Gasteiger partial charge in [0.25, 0.3) is 5.91 Å². The van der Waals surface area contributed by atoms with E-state index in [0.717, 1.165) is 12.1 Å². The number of nitrogens with two attached hydrogens (primary N) is 1. The maximum Gasteiger partial charge on any atom is 0.253 e. The Morgan fingerprint density at radius 3 is 2.74 bits per heavy atom. The van der Waals surface area contributed by atoms with Gasteiger partial charge in [0.2, 0.25) is 0 Å². The monoisotopic (exact) mass is 281 g/mol. The second kappa shape index (κ2) is 7.28. The fourth-order valence-electron chi connectivity index (χ4n) is 1.73. The van der Waals surface area contributed by atoms with E-state index in [4.69, 9.17) is 5.73 Å². The highest BCUT2D eigenvalue weighted by atomic mass is 32.2. The van der Waals surface area contributed by atoms with Gasteiger partial charge in [0.1, 0.15) is 0 Å². The summed E-state index contributed by atoms with van der Waals surface area (Å²) in [7, 11) is 3.83. The fourth-order valence-corrected chi connectivity index (χ4v) is 2.08. The third-order valence-electron chi connectivity index (χ3n) is 2.99. The molecule has 1 aromatic carbocycles. The van der Waals surface area contributed by atoms with E-state index in [1.165, 1.54) is 0 Å². The van der Waals surface area contributed by atoms with Gasteiger partial charge in [0.05, 0.1) is 5.56 Å². The SMILES string of the molecule is CSC(C)CCNC(=O)c1cc(N)ccc1N(C)C. The van der Waals surface area contributed by atoms with Crippen molar-refractivity contribution in [2.24, 2.45) is 0 Å². The number of thioether (sulfide) groups is 1. The highest BCUT2D eigenvalue weighted by Gasteiger charge is 2.13. The maximum absolute atomic E-state index is 12.2. The lowest BCUT2D eigenvalue weighted by molar-refractivity contribution is 0.0954. The third-order valence-corrected chi connectivity index (χ3v) is 4.03. The Morgan fingerprint density at radius 2 is 2.16 bits per heavy atom. The molecule has 1 atom stereocenters. The van der Waals surface area contributed by atoms with E-state index >= 15 is 0 Å². The van der Waals surface area contributed by atoms with Gasteiger partial charge in [-0.15, -0.1) is 0 Å². The molecule has 0 saturated carbocycles. The highest BCUT2D eigenvalue weighted by molar-refractivity contribution is 7.99. The van der Waals surface area contributed by atoms with Gasteiger partial charge in [-0.1, -0.05) is 6.92 Å². The molecule has 3 N–H and O–H groups in total. The summed E-state index contributed by atoms with van der Waals surface area (Å²) in [5, 5.41) is 3.50. The van der Waals surface area contributed by atoms with Gasteiger partial charge in [-0.05, 0) is 30.9 Å². The number of nitrogens with one attached hydrogen (secondary N) is 1. The molecule has 1 rings (SSSR count). The zero-order valence-electron chi connectivity index (χ0n) is 12.1. The van der Waals surface area contributed by atoms with Gasteiger partial charge in [0.15, 0.2) is 0 Å². The Kier molecular flexibility index (Phi) is 6.02. The molecule has 1 unspecified atom stereocenters. The second-order valence-electron chi connectivity index (χ2n) is 4.76. The molecule has 0 bridgehead atoms. The van der Waals surface area contributed by atoms with Crippen molar-refractivity contribution < 1.29 is 4.79 Å². The lowest BCUT2D eigenvalue weighted by Crippen LogP contribution is -2.28. The van der Waals surface area contributed by atoms with Crippen LogP contribution >= 0.6 is 11.8 Å². The first-order valence-electron chi connectivity index (χ1n) is 6.33. The van der Waals surface area contributed by atoms with Crippen LogP contribution in [0.4, 0.5) is 11.4 Å². The number of benzene rings is 1. The van der Waals surface area contributed by atoms with Crippen molar-refractivity contribution in [3.05, 3.63) is 23.8 Å². The van der Waals surface area contributed by atoms with Crippen molar-refractivity contribution in [3.8, 4) is 0 Å². The Hall–Kier alpha value is -1.36. The van der Waals surface area contributed by atoms with E-state index in [0.29, 0.717) is 23.0 Å². The van der Waals surface area contributed by atoms with Gasteiger partial charge in [-0.2, -0.15) is 11.8 Å². The van der Waals surface area contributed by atoms with Crippen LogP contribution in [0.5, 0.6) is 0 Å². The van der Waals surface area contributed by atoms with Crippen LogP contribution < -0.4 is 16.0 Å².